The van der Waals surface area contributed by atoms with E-state index in [4.69, 9.17) is 9.72 Å². The van der Waals surface area contributed by atoms with Gasteiger partial charge in [0.25, 0.3) is 5.91 Å². The monoisotopic (exact) mass is 353 g/mol. The first kappa shape index (κ1) is 16.9. The molecule has 7 nitrogen and oxygen atoms in total. The van der Waals surface area contributed by atoms with Crippen molar-refractivity contribution in [3.05, 3.63) is 47.2 Å². The zero-order valence-electron chi connectivity index (χ0n) is 14.9. The molecule has 2 aromatic rings. The van der Waals surface area contributed by atoms with Crippen LogP contribution in [0.2, 0.25) is 0 Å². The van der Waals surface area contributed by atoms with Gasteiger partial charge in [-0.1, -0.05) is 0 Å². The zero-order valence-corrected chi connectivity index (χ0v) is 14.9. The summed E-state index contributed by atoms with van der Waals surface area (Å²) in [6, 6.07) is 3.53. The van der Waals surface area contributed by atoms with E-state index < -0.39 is 0 Å². The Morgan fingerprint density at radius 2 is 2.35 bits per heavy atom. The van der Waals surface area contributed by atoms with E-state index in [2.05, 4.69) is 15.3 Å². The summed E-state index contributed by atoms with van der Waals surface area (Å²) in [4.78, 5) is 28.3. The Hall–Kier alpha value is -2.54. The van der Waals surface area contributed by atoms with Crippen LogP contribution < -0.4 is 10.1 Å². The van der Waals surface area contributed by atoms with E-state index in [1.807, 2.05) is 18.0 Å². The van der Waals surface area contributed by atoms with E-state index in [-0.39, 0.29) is 5.91 Å². The number of fused-ring (bicyclic) bond motifs is 1. The largest absolute Gasteiger partial charge is 0.477 e. The Labute approximate surface area is 152 Å². The third-order valence-corrected chi connectivity index (χ3v) is 4.95. The molecule has 0 radical (unpaired) electrons. The maximum Gasteiger partial charge on any atom is 0.259 e. The van der Waals surface area contributed by atoms with E-state index in [1.54, 1.807) is 18.3 Å². The molecule has 4 heterocycles. The lowest BCUT2D eigenvalue weighted by molar-refractivity contribution is 0.0728. The van der Waals surface area contributed by atoms with Crippen molar-refractivity contribution in [2.45, 2.75) is 32.2 Å². The summed E-state index contributed by atoms with van der Waals surface area (Å²) in [6.07, 6.45) is 5.37. The smallest absolute Gasteiger partial charge is 0.259 e. The summed E-state index contributed by atoms with van der Waals surface area (Å²) >= 11 is 0. The molecular weight excluding hydrogens is 330 g/mol. The van der Waals surface area contributed by atoms with Crippen molar-refractivity contribution >= 4 is 5.91 Å². The number of ether oxygens (including phenoxy) is 1. The molecule has 1 amide bonds. The third kappa shape index (κ3) is 3.26. The number of nitrogens with one attached hydrogen (secondary N) is 1. The second kappa shape index (κ2) is 7.37. The van der Waals surface area contributed by atoms with Crippen LogP contribution in [0.15, 0.2) is 24.5 Å². The molecule has 7 heteroatoms. The maximum atomic E-state index is 12.9. The van der Waals surface area contributed by atoms with E-state index in [0.29, 0.717) is 37.1 Å². The first-order valence-corrected chi connectivity index (χ1v) is 9.18. The number of hydrogen-bond acceptors (Lipinski definition) is 6. The molecule has 1 saturated heterocycles. The van der Waals surface area contributed by atoms with Gasteiger partial charge in [0, 0.05) is 49.9 Å². The van der Waals surface area contributed by atoms with E-state index in [1.165, 1.54) is 0 Å². The van der Waals surface area contributed by atoms with Crippen molar-refractivity contribution in [2.75, 3.05) is 26.2 Å². The fourth-order valence-corrected chi connectivity index (χ4v) is 3.55. The summed E-state index contributed by atoms with van der Waals surface area (Å²) in [5.74, 6) is 1.67. The Balaban J connectivity index is 1.52. The van der Waals surface area contributed by atoms with Crippen LogP contribution in [0.4, 0.5) is 0 Å². The van der Waals surface area contributed by atoms with Crippen molar-refractivity contribution < 1.29 is 9.53 Å². The molecule has 1 atom stereocenters. The van der Waals surface area contributed by atoms with Gasteiger partial charge in [-0.15, -0.1) is 0 Å². The van der Waals surface area contributed by atoms with Gasteiger partial charge in [-0.3, -0.25) is 4.79 Å². The number of pyridine rings is 1. The minimum atomic E-state index is -0.0590. The van der Waals surface area contributed by atoms with Gasteiger partial charge in [0.1, 0.15) is 11.4 Å². The highest BCUT2D eigenvalue weighted by Gasteiger charge is 2.27. The molecule has 0 bridgehead atoms. The quantitative estimate of drug-likeness (QED) is 0.898. The Kier molecular flexibility index (Phi) is 4.79. The molecule has 0 aliphatic carbocycles. The normalized spacial score (nSPS) is 19.3. The lowest BCUT2D eigenvalue weighted by Crippen LogP contribution is -2.37. The van der Waals surface area contributed by atoms with Gasteiger partial charge in [0.05, 0.1) is 12.3 Å². The highest BCUT2D eigenvalue weighted by Crippen LogP contribution is 2.25. The van der Waals surface area contributed by atoms with Crippen LogP contribution in [0.25, 0.3) is 0 Å². The Morgan fingerprint density at radius 1 is 1.42 bits per heavy atom. The molecule has 0 saturated carbocycles. The van der Waals surface area contributed by atoms with E-state index in [9.17, 15) is 4.79 Å². The number of amides is 1. The minimum absolute atomic E-state index is 0.0590. The zero-order chi connectivity index (χ0) is 17.9. The fraction of sp³-hybridized carbons (Fsp3) is 0.474. The van der Waals surface area contributed by atoms with Crippen LogP contribution in [0.1, 0.15) is 46.7 Å². The highest BCUT2D eigenvalue weighted by molar-refractivity contribution is 5.96. The molecule has 136 valence electrons. The van der Waals surface area contributed by atoms with Crippen LogP contribution in [0, 0.1) is 0 Å². The fourth-order valence-electron chi connectivity index (χ4n) is 3.55. The van der Waals surface area contributed by atoms with Crippen molar-refractivity contribution in [1.29, 1.82) is 0 Å². The minimum Gasteiger partial charge on any atom is -0.477 e. The number of nitrogens with zero attached hydrogens (tertiary/aromatic N) is 4. The standard InChI is InChI=1S/C19H23N5O2/c1-2-26-18-15(4-3-7-21-18)19(25)24-9-6-16-14(12-24)11-22-17(23-16)13-5-8-20-10-13/h3-4,7,11,13,20H,2,5-6,8-10,12H2,1H3. The van der Waals surface area contributed by atoms with Gasteiger partial charge in [0.2, 0.25) is 5.88 Å². The topological polar surface area (TPSA) is 80.2 Å². The van der Waals surface area contributed by atoms with Gasteiger partial charge < -0.3 is 15.0 Å². The van der Waals surface area contributed by atoms with E-state index >= 15 is 0 Å². The SMILES string of the molecule is CCOc1ncccc1C(=O)N1CCc2nc(C3CCNC3)ncc2C1. The molecular formula is C19H23N5O2. The molecule has 2 aliphatic rings. The second-order valence-electron chi connectivity index (χ2n) is 6.66. The predicted octanol–water partition coefficient (Wildman–Crippen LogP) is 1.55. The average molecular weight is 353 g/mol. The van der Waals surface area contributed by atoms with Crippen LogP contribution >= 0.6 is 0 Å². The van der Waals surface area contributed by atoms with Crippen LogP contribution in [-0.2, 0) is 13.0 Å². The molecule has 0 aromatic carbocycles. The van der Waals surface area contributed by atoms with Crippen molar-refractivity contribution in [3.8, 4) is 5.88 Å². The summed E-state index contributed by atoms with van der Waals surface area (Å²) in [7, 11) is 0. The molecule has 1 unspecified atom stereocenters. The average Bonchev–Trinajstić information content (AvgIpc) is 3.22. The first-order chi connectivity index (χ1) is 12.8. The summed E-state index contributed by atoms with van der Waals surface area (Å²) < 4.78 is 5.50. The molecule has 2 aliphatic heterocycles. The van der Waals surface area contributed by atoms with Crippen molar-refractivity contribution in [3.63, 3.8) is 0 Å². The van der Waals surface area contributed by atoms with Crippen LogP contribution in [0.5, 0.6) is 5.88 Å². The number of carbonyl (C=O) groups is 1. The van der Waals surface area contributed by atoms with Crippen molar-refractivity contribution in [2.24, 2.45) is 0 Å². The van der Waals surface area contributed by atoms with Gasteiger partial charge in [-0.25, -0.2) is 15.0 Å². The Bertz CT molecular complexity index is 804. The third-order valence-electron chi connectivity index (χ3n) is 4.95. The molecule has 1 N–H and O–H groups in total. The second-order valence-corrected chi connectivity index (χ2v) is 6.66. The number of carbonyl (C=O) groups excluding carboxylic acids is 1. The van der Waals surface area contributed by atoms with Gasteiger partial charge in [-0.2, -0.15) is 0 Å². The Morgan fingerprint density at radius 3 is 3.15 bits per heavy atom. The van der Waals surface area contributed by atoms with Crippen molar-refractivity contribution in [1.82, 2.24) is 25.2 Å². The lowest BCUT2D eigenvalue weighted by Gasteiger charge is -2.28. The summed E-state index contributed by atoms with van der Waals surface area (Å²) in [6.45, 7) is 5.51. The molecule has 1 fully saturated rings. The summed E-state index contributed by atoms with van der Waals surface area (Å²) in [5, 5.41) is 3.36. The van der Waals surface area contributed by atoms with Gasteiger partial charge in [0.15, 0.2) is 0 Å². The number of hydrogen-bond donors (Lipinski definition) is 1. The summed E-state index contributed by atoms with van der Waals surface area (Å²) in [5.41, 5.74) is 2.61. The number of aromatic nitrogens is 3. The molecule has 0 spiro atoms. The highest BCUT2D eigenvalue weighted by atomic mass is 16.5. The number of rotatable bonds is 4. The maximum absolute atomic E-state index is 12.9. The van der Waals surface area contributed by atoms with Gasteiger partial charge >= 0.3 is 0 Å². The van der Waals surface area contributed by atoms with Crippen LogP contribution in [0.3, 0.4) is 0 Å². The molecule has 2 aromatic heterocycles. The molecule has 26 heavy (non-hydrogen) atoms. The van der Waals surface area contributed by atoms with Crippen LogP contribution in [-0.4, -0.2) is 52.0 Å². The molecule has 4 rings (SSSR count). The predicted molar refractivity (Wildman–Crippen MR) is 96.1 cm³/mol. The van der Waals surface area contributed by atoms with E-state index in [0.717, 1.165) is 43.0 Å². The first-order valence-electron chi connectivity index (χ1n) is 9.18. The lowest BCUT2D eigenvalue weighted by atomic mass is 10.0. The van der Waals surface area contributed by atoms with Gasteiger partial charge in [-0.05, 0) is 32.0 Å².